The molecule has 1 heterocycles. The predicted octanol–water partition coefficient (Wildman–Crippen LogP) is 3.30. The third-order valence-corrected chi connectivity index (χ3v) is 3.66. The number of fused-ring (bicyclic) bond motifs is 1. The minimum atomic E-state index is 0.636. The Morgan fingerprint density at radius 1 is 1.21 bits per heavy atom. The average Bonchev–Trinajstić information content (AvgIpc) is 2.83. The van der Waals surface area contributed by atoms with Gasteiger partial charge in [-0.3, -0.25) is 0 Å². The molecule has 0 unspecified atom stereocenters. The number of aromatic nitrogens is 2. The third kappa shape index (κ3) is 2.37. The van der Waals surface area contributed by atoms with Crippen molar-refractivity contribution < 1.29 is 4.74 Å². The molecule has 0 amide bonds. The number of methoxy groups -OCH3 is 1. The minimum absolute atomic E-state index is 0.636. The van der Waals surface area contributed by atoms with Gasteiger partial charge < -0.3 is 15.5 Å². The first-order valence-corrected chi connectivity index (χ1v) is 6.64. The lowest BCUT2D eigenvalue weighted by molar-refractivity contribution is 0.416. The molecule has 1 aromatic heterocycles. The number of aromatic amines is 1. The van der Waals surface area contributed by atoms with Crippen LogP contribution in [0.2, 0.25) is 0 Å². The molecule has 0 saturated carbocycles. The molecule has 0 fully saturated rings. The number of ether oxygens (including phenoxy) is 1. The van der Waals surface area contributed by atoms with Crippen LogP contribution in [0.4, 0.5) is 5.69 Å². The maximum Gasteiger partial charge on any atom is 0.171 e. The largest absolute Gasteiger partial charge is 0.495 e. The second-order valence-corrected chi connectivity index (χ2v) is 5.13. The van der Waals surface area contributed by atoms with Crippen molar-refractivity contribution in [3.8, 4) is 5.75 Å². The van der Waals surface area contributed by atoms with E-state index in [9.17, 15) is 0 Å². The summed E-state index contributed by atoms with van der Waals surface area (Å²) in [6, 6.07) is 13.7. The predicted molar refractivity (Wildman–Crippen MR) is 77.6 cm³/mol. The van der Waals surface area contributed by atoms with Crippen molar-refractivity contribution in [1.29, 1.82) is 0 Å². The van der Waals surface area contributed by atoms with Crippen molar-refractivity contribution >= 4 is 28.5 Å². The van der Waals surface area contributed by atoms with Crippen LogP contribution < -0.4 is 10.5 Å². The number of imidazole rings is 1. The summed E-state index contributed by atoms with van der Waals surface area (Å²) in [6.45, 7) is 0. The van der Waals surface area contributed by atoms with Gasteiger partial charge in [-0.05, 0) is 30.3 Å². The van der Waals surface area contributed by atoms with Gasteiger partial charge in [0.25, 0.3) is 0 Å². The molecular weight excluding hydrogens is 258 g/mol. The maximum atomic E-state index is 5.80. The van der Waals surface area contributed by atoms with Crippen LogP contribution in [0.3, 0.4) is 0 Å². The zero-order valence-electron chi connectivity index (χ0n) is 10.4. The normalized spacial score (nSPS) is 10.8. The Morgan fingerprint density at radius 2 is 2.05 bits per heavy atom. The molecule has 3 N–H and O–H groups in total. The summed E-state index contributed by atoms with van der Waals surface area (Å²) in [4.78, 5) is 8.83. The van der Waals surface area contributed by atoms with Crippen LogP contribution >= 0.6 is 11.8 Å². The van der Waals surface area contributed by atoms with Crippen molar-refractivity contribution in [2.24, 2.45) is 0 Å². The number of hydrogen-bond donors (Lipinski definition) is 2. The van der Waals surface area contributed by atoms with E-state index in [2.05, 4.69) is 9.97 Å². The third-order valence-electron chi connectivity index (χ3n) is 2.79. The Labute approximate surface area is 115 Å². The summed E-state index contributed by atoms with van der Waals surface area (Å²) in [5, 5.41) is 0.855. The standard InChI is InChI=1S/C14H13N3OS/c1-18-13-8-9(6-7-10(13)15)19-14-16-11-4-2-3-5-12(11)17-14/h2-8H,15H2,1H3,(H,16,17). The second kappa shape index (κ2) is 4.85. The molecule has 2 aromatic carbocycles. The molecule has 0 saturated heterocycles. The number of anilines is 1. The molecule has 0 spiro atoms. The van der Waals surface area contributed by atoms with Gasteiger partial charge in [0.15, 0.2) is 5.16 Å². The number of rotatable bonds is 3. The molecule has 19 heavy (non-hydrogen) atoms. The highest BCUT2D eigenvalue weighted by molar-refractivity contribution is 7.99. The highest BCUT2D eigenvalue weighted by Crippen LogP contribution is 2.32. The van der Waals surface area contributed by atoms with E-state index in [-0.39, 0.29) is 0 Å². The molecule has 0 bridgehead atoms. The first-order valence-electron chi connectivity index (χ1n) is 5.82. The fraction of sp³-hybridized carbons (Fsp3) is 0.0714. The quantitative estimate of drug-likeness (QED) is 0.717. The van der Waals surface area contributed by atoms with Crippen molar-refractivity contribution in [1.82, 2.24) is 9.97 Å². The van der Waals surface area contributed by atoms with Crippen LogP contribution in [0.15, 0.2) is 52.5 Å². The molecular formula is C14H13N3OS. The Morgan fingerprint density at radius 3 is 2.84 bits per heavy atom. The first-order chi connectivity index (χ1) is 9.26. The van der Waals surface area contributed by atoms with Gasteiger partial charge in [0.05, 0.1) is 23.8 Å². The van der Waals surface area contributed by atoms with Crippen molar-refractivity contribution in [2.45, 2.75) is 10.1 Å². The lowest BCUT2D eigenvalue weighted by atomic mass is 10.3. The van der Waals surface area contributed by atoms with Gasteiger partial charge in [-0.1, -0.05) is 23.9 Å². The lowest BCUT2D eigenvalue weighted by Gasteiger charge is -2.05. The van der Waals surface area contributed by atoms with Gasteiger partial charge in [0.1, 0.15) is 5.75 Å². The number of nitrogens with two attached hydrogens (primary N) is 1. The Hall–Kier alpha value is -2.14. The summed E-state index contributed by atoms with van der Waals surface area (Å²) < 4.78 is 5.21. The number of nitrogen functional groups attached to an aromatic ring is 1. The number of nitrogens with zero attached hydrogens (tertiary/aromatic N) is 1. The van der Waals surface area contributed by atoms with Crippen LogP contribution in [-0.4, -0.2) is 17.1 Å². The number of nitrogens with one attached hydrogen (secondary N) is 1. The molecule has 96 valence electrons. The summed E-state index contributed by atoms with van der Waals surface area (Å²) in [5.41, 5.74) is 8.43. The van der Waals surface area contributed by atoms with Crippen molar-refractivity contribution in [3.05, 3.63) is 42.5 Å². The highest BCUT2D eigenvalue weighted by atomic mass is 32.2. The minimum Gasteiger partial charge on any atom is -0.495 e. The average molecular weight is 271 g/mol. The van der Waals surface area contributed by atoms with E-state index >= 15 is 0 Å². The van der Waals surface area contributed by atoms with E-state index in [1.165, 1.54) is 0 Å². The highest BCUT2D eigenvalue weighted by Gasteiger charge is 2.06. The van der Waals surface area contributed by atoms with Gasteiger partial charge >= 0.3 is 0 Å². The molecule has 0 radical (unpaired) electrons. The monoisotopic (exact) mass is 271 g/mol. The van der Waals surface area contributed by atoms with Crippen LogP contribution in [0.5, 0.6) is 5.75 Å². The number of benzene rings is 2. The zero-order chi connectivity index (χ0) is 13.2. The summed E-state index contributed by atoms with van der Waals surface area (Å²) in [7, 11) is 1.61. The number of hydrogen-bond acceptors (Lipinski definition) is 4. The fourth-order valence-electron chi connectivity index (χ4n) is 1.84. The Bertz CT molecular complexity index is 691. The van der Waals surface area contributed by atoms with Crippen molar-refractivity contribution in [3.63, 3.8) is 0 Å². The van der Waals surface area contributed by atoms with Crippen molar-refractivity contribution in [2.75, 3.05) is 12.8 Å². The molecule has 0 aliphatic rings. The number of para-hydroxylation sites is 2. The van der Waals surface area contributed by atoms with Gasteiger partial charge in [-0.2, -0.15) is 0 Å². The topological polar surface area (TPSA) is 63.9 Å². The molecule has 0 aliphatic heterocycles. The van der Waals surface area contributed by atoms with E-state index in [0.717, 1.165) is 21.1 Å². The van der Waals surface area contributed by atoms with Gasteiger partial charge in [-0.25, -0.2) is 4.98 Å². The van der Waals surface area contributed by atoms with Crippen LogP contribution in [0.1, 0.15) is 0 Å². The van der Waals surface area contributed by atoms with Crippen LogP contribution in [0.25, 0.3) is 11.0 Å². The Balaban J connectivity index is 1.92. The summed E-state index contributed by atoms with van der Waals surface area (Å²) in [5.74, 6) is 0.682. The SMILES string of the molecule is COc1cc(Sc2nc3ccccc3[nH]2)ccc1N. The summed E-state index contributed by atoms with van der Waals surface area (Å²) >= 11 is 1.55. The molecule has 5 heteroatoms. The van der Waals surface area contributed by atoms with Crippen LogP contribution in [-0.2, 0) is 0 Å². The lowest BCUT2D eigenvalue weighted by Crippen LogP contribution is -1.91. The zero-order valence-corrected chi connectivity index (χ0v) is 11.2. The first kappa shape index (κ1) is 11.9. The number of H-pyrrole nitrogens is 1. The summed E-state index contributed by atoms with van der Waals surface area (Å²) in [6.07, 6.45) is 0. The second-order valence-electron chi connectivity index (χ2n) is 4.06. The molecule has 3 aromatic rings. The smallest absolute Gasteiger partial charge is 0.171 e. The van der Waals surface area contributed by atoms with E-state index < -0.39 is 0 Å². The fourth-order valence-corrected chi connectivity index (χ4v) is 2.67. The Kier molecular flexibility index (Phi) is 3.05. The molecule has 3 rings (SSSR count). The molecule has 0 atom stereocenters. The van der Waals surface area contributed by atoms with E-state index in [1.54, 1.807) is 18.9 Å². The molecule has 0 aliphatic carbocycles. The van der Waals surface area contributed by atoms with Gasteiger partial charge in [-0.15, -0.1) is 0 Å². The van der Waals surface area contributed by atoms with E-state index in [0.29, 0.717) is 11.4 Å². The van der Waals surface area contributed by atoms with Crippen LogP contribution in [0, 0.1) is 0 Å². The maximum absolute atomic E-state index is 5.80. The van der Waals surface area contributed by atoms with E-state index in [1.807, 2.05) is 42.5 Å². The molecule has 4 nitrogen and oxygen atoms in total. The van der Waals surface area contributed by atoms with Gasteiger partial charge in [0.2, 0.25) is 0 Å². The van der Waals surface area contributed by atoms with E-state index in [4.69, 9.17) is 10.5 Å². The van der Waals surface area contributed by atoms with Gasteiger partial charge in [0, 0.05) is 4.90 Å².